The van der Waals surface area contributed by atoms with E-state index >= 15 is 0 Å². The van der Waals surface area contributed by atoms with Gasteiger partial charge in [-0.25, -0.2) is 4.79 Å². The van der Waals surface area contributed by atoms with Crippen LogP contribution < -0.4 is 21.5 Å². The van der Waals surface area contributed by atoms with E-state index in [1.54, 1.807) is 0 Å². The molecule has 0 saturated carbocycles. The van der Waals surface area contributed by atoms with E-state index in [1.165, 1.54) is 11.7 Å². The first kappa shape index (κ1) is 28.1. The van der Waals surface area contributed by atoms with Gasteiger partial charge in [0.05, 0.1) is 26.2 Å². The van der Waals surface area contributed by atoms with Crippen molar-refractivity contribution in [1.29, 1.82) is 0 Å². The normalized spacial score (nSPS) is 15.0. The maximum Gasteiger partial charge on any atom is 0.327 e. The second-order valence-corrected chi connectivity index (χ2v) is 9.71. The molecule has 210 valence electrons. The van der Waals surface area contributed by atoms with E-state index in [9.17, 15) is 14.4 Å². The molecule has 1 aromatic carbocycles. The number of carbonyl (C=O) groups excluding carboxylic acids is 2. The highest BCUT2D eigenvalue weighted by molar-refractivity contribution is 5.82. The summed E-state index contributed by atoms with van der Waals surface area (Å²) in [5.41, 5.74) is 8.28. The number of anilines is 1. The van der Waals surface area contributed by atoms with Gasteiger partial charge in [0.1, 0.15) is 5.52 Å². The number of rotatable bonds is 13. The summed E-state index contributed by atoms with van der Waals surface area (Å²) in [7, 11) is 1.36. The van der Waals surface area contributed by atoms with Crippen molar-refractivity contribution in [2.24, 2.45) is 0 Å². The molecular formula is C27H37N7O5. The van der Waals surface area contributed by atoms with E-state index in [0.717, 1.165) is 43.4 Å². The standard InChI is InChI=1S/C27H37N7O5/c1-3-4-15-39-26-31-23(28)22-24(32-26)34(27(37)30-22)14-6-13-33(25(36)20-7-5-12-29-20)17-19-10-8-18(9-11-19)16-21(35)38-2/h8-11,20,29H,3-7,12-17H2,1-2H3,(H,30,37)(H2,28,31,32)/t20-/m1/s1. The van der Waals surface area contributed by atoms with E-state index < -0.39 is 0 Å². The number of methoxy groups -OCH3 is 1. The zero-order valence-electron chi connectivity index (χ0n) is 22.6. The fourth-order valence-electron chi connectivity index (χ4n) is 4.63. The third kappa shape index (κ3) is 7.14. The number of imidazole rings is 1. The minimum atomic E-state index is -0.340. The summed E-state index contributed by atoms with van der Waals surface area (Å²) in [5.74, 6) is -0.108. The molecule has 1 aliphatic heterocycles. The molecule has 4 rings (SSSR count). The molecule has 1 aliphatic rings. The third-order valence-corrected chi connectivity index (χ3v) is 6.81. The Bertz CT molecular complexity index is 1330. The van der Waals surface area contributed by atoms with E-state index in [2.05, 4.69) is 27.2 Å². The van der Waals surface area contributed by atoms with Crippen molar-refractivity contribution in [2.75, 3.05) is 32.5 Å². The molecule has 1 atom stereocenters. The molecule has 2 aromatic heterocycles. The molecule has 0 spiro atoms. The van der Waals surface area contributed by atoms with Crippen LogP contribution in [0.25, 0.3) is 11.2 Å². The third-order valence-electron chi connectivity index (χ3n) is 6.81. The molecule has 12 heteroatoms. The lowest BCUT2D eigenvalue weighted by Gasteiger charge is -2.26. The van der Waals surface area contributed by atoms with Crippen LogP contribution in [-0.2, 0) is 33.8 Å². The number of nitrogens with one attached hydrogen (secondary N) is 2. The van der Waals surface area contributed by atoms with Gasteiger partial charge in [-0.3, -0.25) is 14.2 Å². The van der Waals surface area contributed by atoms with Crippen molar-refractivity contribution in [3.05, 3.63) is 45.9 Å². The van der Waals surface area contributed by atoms with Crippen molar-refractivity contribution in [3.63, 3.8) is 0 Å². The number of carbonyl (C=O) groups is 2. The molecule has 1 fully saturated rings. The van der Waals surface area contributed by atoms with Gasteiger partial charge in [-0.05, 0) is 43.4 Å². The summed E-state index contributed by atoms with van der Waals surface area (Å²) in [6, 6.07) is 7.52. The summed E-state index contributed by atoms with van der Waals surface area (Å²) < 4.78 is 11.9. The monoisotopic (exact) mass is 539 g/mol. The van der Waals surface area contributed by atoms with E-state index in [0.29, 0.717) is 43.8 Å². The van der Waals surface area contributed by atoms with Gasteiger partial charge in [-0.1, -0.05) is 37.6 Å². The number of benzene rings is 1. The average molecular weight is 540 g/mol. The van der Waals surface area contributed by atoms with Gasteiger partial charge in [-0.15, -0.1) is 0 Å². The Kier molecular flexibility index (Phi) is 9.53. The number of nitrogens with two attached hydrogens (primary N) is 1. The molecule has 39 heavy (non-hydrogen) atoms. The second-order valence-electron chi connectivity index (χ2n) is 9.71. The zero-order valence-corrected chi connectivity index (χ0v) is 22.6. The van der Waals surface area contributed by atoms with E-state index in [4.69, 9.17) is 15.2 Å². The molecule has 4 N–H and O–H groups in total. The quantitative estimate of drug-likeness (QED) is 0.217. The van der Waals surface area contributed by atoms with Gasteiger partial charge in [-0.2, -0.15) is 9.97 Å². The number of hydrogen-bond acceptors (Lipinski definition) is 9. The number of hydrogen-bond donors (Lipinski definition) is 3. The molecule has 12 nitrogen and oxygen atoms in total. The number of aryl methyl sites for hydroxylation is 1. The number of esters is 1. The fraction of sp³-hybridized carbons (Fsp3) is 0.519. The molecule has 3 heterocycles. The number of H-pyrrole nitrogens is 1. The molecular weight excluding hydrogens is 502 g/mol. The van der Waals surface area contributed by atoms with E-state index in [1.807, 2.05) is 29.2 Å². The highest BCUT2D eigenvalue weighted by Crippen LogP contribution is 2.19. The van der Waals surface area contributed by atoms with Crippen molar-refractivity contribution < 1.29 is 19.1 Å². The number of nitrogen functional groups attached to an aromatic ring is 1. The maximum atomic E-state index is 13.4. The van der Waals surface area contributed by atoms with Crippen LogP contribution in [0.1, 0.15) is 50.2 Å². The van der Waals surface area contributed by atoms with Gasteiger partial charge in [0.2, 0.25) is 5.91 Å². The van der Waals surface area contributed by atoms with Crippen LogP contribution >= 0.6 is 0 Å². The first-order valence-electron chi connectivity index (χ1n) is 13.4. The molecule has 0 radical (unpaired) electrons. The van der Waals surface area contributed by atoms with Crippen molar-refractivity contribution in [3.8, 4) is 6.01 Å². The summed E-state index contributed by atoms with van der Waals surface area (Å²) in [6.07, 6.45) is 4.31. The predicted octanol–water partition coefficient (Wildman–Crippen LogP) is 1.77. The Morgan fingerprint density at radius 2 is 1.95 bits per heavy atom. The number of ether oxygens (including phenoxy) is 2. The first-order chi connectivity index (χ1) is 18.9. The smallest absolute Gasteiger partial charge is 0.327 e. The van der Waals surface area contributed by atoms with Crippen LogP contribution in [0.3, 0.4) is 0 Å². The summed E-state index contributed by atoms with van der Waals surface area (Å²) >= 11 is 0. The predicted molar refractivity (Wildman–Crippen MR) is 146 cm³/mol. The Hall–Kier alpha value is -3.93. The summed E-state index contributed by atoms with van der Waals surface area (Å²) in [5, 5.41) is 3.28. The SMILES string of the molecule is CCCCOc1nc(N)c2[nH]c(=O)n(CCCN(Cc3ccc(CC(=O)OC)cc3)C(=O)[C@H]3CCCN3)c2n1. The first-order valence-corrected chi connectivity index (χ1v) is 13.4. The summed E-state index contributed by atoms with van der Waals surface area (Å²) in [6.45, 7) is 4.54. The summed E-state index contributed by atoms with van der Waals surface area (Å²) in [4.78, 5) is 50.8. The maximum absolute atomic E-state index is 13.4. The molecule has 0 bridgehead atoms. The molecule has 0 unspecified atom stereocenters. The lowest BCUT2D eigenvalue weighted by Crippen LogP contribution is -2.44. The van der Waals surface area contributed by atoms with Crippen LogP contribution in [0.2, 0.25) is 0 Å². The number of amides is 1. The van der Waals surface area contributed by atoms with Gasteiger partial charge >= 0.3 is 17.7 Å². The topological polar surface area (TPSA) is 157 Å². The Morgan fingerprint density at radius 1 is 1.18 bits per heavy atom. The number of fused-ring (bicyclic) bond motifs is 1. The highest BCUT2D eigenvalue weighted by Gasteiger charge is 2.27. The Morgan fingerprint density at radius 3 is 2.64 bits per heavy atom. The van der Waals surface area contributed by atoms with Crippen molar-refractivity contribution in [2.45, 2.75) is 64.6 Å². The highest BCUT2D eigenvalue weighted by atomic mass is 16.5. The number of aromatic amines is 1. The minimum Gasteiger partial charge on any atom is -0.469 e. The van der Waals surface area contributed by atoms with Gasteiger partial charge < -0.3 is 30.4 Å². The van der Waals surface area contributed by atoms with E-state index in [-0.39, 0.29) is 41.9 Å². The van der Waals surface area contributed by atoms with Gasteiger partial charge in [0.25, 0.3) is 0 Å². The fourth-order valence-corrected chi connectivity index (χ4v) is 4.63. The molecule has 0 aliphatic carbocycles. The lowest BCUT2D eigenvalue weighted by molar-refractivity contribution is -0.139. The number of aromatic nitrogens is 4. The van der Waals surface area contributed by atoms with Crippen LogP contribution in [0, 0.1) is 0 Å². The largest absolute Gasteiger partial charge is 0.469 e. The number of nitrogens with zero attached hydrogens (tertiary/aromatic N) is 4. The molecule has 3 aromatic rings. The zero-order chi connectivity index (χ0) is 27.8. The Balaban J connectivity index is 1.47. The van der Waals surface area contributed by atoms with Crippen LogP contribution in [0.5, 0.6) is 6.01 Å². The van der Waals surface area contributed by atoms with Crippen LogP contribution in [-0.4, -0.2) is 69.1 Å². The van der Waals surface area contributed by atoms with Crippen LogP contribution in [0.4, 0.5) is 5.82 Å². The second kappa shape index (κ2) is 13.2. The molecule has 1 amide bonds. The lowest BCUT2D eigenvalue weighted by atomic mass is 10.1. The van der Waals surface area contributed by atoms with Crippen molar-refractivity contribution >= 4 is 28.9 Å². The molecule has 1 saturated heterocycles. The number of unbranched alkanes of at least 4 members (excludes halogenated alkanes) is 1. The van der Waals surface area contributed by atoms with Crippen molar-refractivity contribution in [1.82, 2.24) is 29.7 Å². The van der Waals surface area contributed by atoms with Gasteiger partial charge in [0, 0.05) is 19.6 Å². The minimum absolute atomic E-state index is 0.0376. The average Bonchev–Trinajstić information content (AvgIpc) is 3.58. The van der Waals surface area contributed by atoms with Crippen LogP contribution in [0.15, 0.2) is 29.1 Å². The Labute approximate surface area is 226 Å². The van der Waals surface area contributed by atoms with Gasteiger partial charge in [0.15, 0.2) is 11.5 Å².